The quantitative estimate of drug-likeness (QED) is 0.784. The van der Waals surface area contributed by atoms with Gasteiger partial charge in [0.25, 0.3) is 0 Å². The smallest absolute Gasteiger partial charge is 0.195 e. The lowest BCUT2D eigenvalue weighted by Crippen LogP contribution is -2.03. The number of pyridine rings is 1. The number of rotatable bonds is 2. The summed E-state index contributed by atoms with van der Waals surface area (Å²) in [6.45, 7) is 1.90. The van der Waals surface area contributed by atoms with Crippen molar-refractivity contribution in [2.75, 3.05) is 0 Å². The van der Waals surface area contributed by atoms with Crippen LogP contribution in [-0.2, 0) is 0 Å². The Hall–Kier alpha value is -1.19. The Bertz CT molecular complexity index is 583. The van der Waals surface area contributed by atoms with E-state index in [2.05, 4.69) is 20.9 Å². The van der Waals surface area contributed by atoms with Crippen molar-refractivity contribution in [2.45, 2.75) is 6.92 Å². The summed E-state index contributed by atoms with van der Waals surface area (Å²) in [4.78, 5) is 16.2. The lowest BCUT2D eigenvalue weighted by atomic mass is 10.0. The van der Waals surface area contributed by atoms with Gasteiger partial charge >= 0.3 is 0 Å². The second-order valence-corrected chi connectivity index (χ2v) is 5.00. The monoisotopic (exact) mass is 309 g/mol. The minimum Gasteiger partial charge on any atom is -0.289 e. The third-order valence-corrected chi connectivity index (χ3v) is 3.20. The van der Waals surface area contributed by atoms with Gasteiger partial charge in [-0.2, -0.15) is 0 Å². The Kier molecular flexibility index (Phi) is 3.60. The van der Waals surface area contributed by atoms with Gasteiger partial charge in [-0.15, -0.1) is 0 Å². The Morgan fingerprint density at radius 2 is 2.06 bits per heavy atom. The molecule has 0 saturated heterocycles. The molecule has 0 bridgehead atoms. The second kappa shape index (κ2) is 4.98. The van der Waals surface area contributed by atoms with Crippen molar-refractivity contribution in [1.82, 2.24) is 4.98 Å². The van der Waals surface area contributed by atoms with Crippen LogP contribution in [0.5, 0.6) is 0 Å². The SMILES string of the molecule is Cc1cncc(C(=O)c2ccc(Cl)cc2Br)c1. The molecule has 0 amide bonds. The van der Waals surface area contributed by atoms with E-state index in [1.165, 1.54) is 0 Å². The Morgan fingerprint density at radius 1 is 1.29 bits per heavy atom. The molecule has 4 heteroatoms. The van der Waals surface area contributed by atoms with Crippen molar-refractivity contribution < 1.29 is 4.79 Å². The maximum absolute atomic E-state index is 12.2. The van der Waals surface area contributed by atoms with Crippen LogP contribution >= 0.6 is 27.5 Å². The summed E-state index contributed by atoms with van der Waals surface area (Å²) in [5, 5.41) is 0.593. The fourth-order valence-electron chi connectivity index (χ4n) is 1.51. The van der Waals surface area contributed by atoms with E-state index in [0.29, 0.717) is 20.6 Å². The normalized spacial score (nSPS) is 10.3. The van der Waals surface area contributed by atoms with E-state index in [9.17, 15) is 4.79 Å². The third kappa shape index (κ3) is 2.73. The van der Waals surface area contributed by atoms with E-state index >= 15 is 0 Å². The molecule has 0 spiro atoms. The van der Waals surface area contributed by atoms with Gasteiger partial charge in [-0.3, -0.25) is 9.78 Å². The molecule has 0 aliphatic heterocycles. The summed E-state index contributed by atoms with van der Waals surface area (Å²) in [6, 6.07) is 6.92. The number of benzene rings is 1. The number of ketones is 1. The van der Waals surface area contributed by atoms with Crippen LogP contribution in [0.2, 0.25) is 5.02 Å². The first-order valence-electron chi connectivity index (χ1n) is 4.99. The van der Waals surface area contributed by atoms with Crippen LogP contribution in [0.3, 0.4) is 0 Å². The maximum Gasteiger partial charge on any atom is 0.195 e. The summed E-state index contributed by atoms with van der Waals surface area (Å²) in [6.07, 6.45) is 3.28. The molecule has 1 aromatic carbocycles. The van der Waals surface area contributed by atoms with Gasteiger partial charge in [0.05, 0.1) is 0 Å². The van der Waals surface area contributed by atoms with Crippen LogP contribution in [0.4, 0.5) is 0 Å². The van der Waals surface area contributed by atoms with Crippen LogP contribution < -0.4 is 0 Å². The van der Waals surface area contributed by atoms with Gasteiger partial charge in [0, 0.05) is 33.0 Å². The third-order valence-electron chi connectivity index (χ3n) is 2.31. The van der Waals surface area contributed by atoms with Gasteiger partial charge in [-0.05, 0) is 52.7 Å². The Morgan fingerprint density at radius 3 is 2.71 bits per heavy atom. The van der Waals surface area contributed by atoms with Crippen molar-refractivity contribution in [2.24, 2.45) is 0 Å². The molecule has 1 aromatic heterocycles. The highest BCUT2D eigenvalue weighted by Crippen LogP contribution is 2.23. The van der Waals surface area contributed by atoms with E-state index in [1.54, 1.807) is 30.6 Å². The Balaban J connectivity index is 2.44. The van der Waals surface area contributed by atoms with Gasteiger partial charge in [0.2, 0.25) is 0 Å². The highest BCUT2D eigenvalue weighted by Gasteiger charge is 2.13. The number of aromatic nitrogens is 1. The molecule has 86 valence electrons. The number of carbonyl (C=O) groups excluding carboxylic acids is 1. The molecule has 0 unspecified atom stereocenters. The molecule has 1 heterocycles. The van der Waals surface area contributed by atoms with E-state index in [4.69, 9.17) is 11.6 Å². The van der Waals surface area contributed by atoms with E-state index in [1.807, 2.05) is 13.0 Å². The van der Waals surface area contributed by atoms with Crippen LogP contribution in [0.15, 0.2) is 41.1 Å². The predicted octanol–water partition coefficient (Wildman–Crippen LogP) is 4.04. The topological polar surface area (TPSA) is 30.0 Å². The fraction of sp³-hybridized carbons (Fsp3) is 0.0769. The number of hydrogen-bond donors (Lipinski definition) is 0. The lowest BCUT2D eigenvalue weighted by Gasteiger charge is -2.04. The van der Waals surface area contributed by atoms with Gasteiger partial charge in [-0.25, -0.2) is 0 Å². The van der Waals surface area contributed by atoms with E-state index in [0.717, 1.165) is 5.56 Å². The van der Waals surface area contributed by atoms with Gasteiger partial charge in [0.1, 0.15) is 0 Å². The molecule has 0 N–H and O–H groups in total. The minimum absolute atomic E-state index is 0.0651. The molecule has 17 heavy (non-hydrogen) atoms. The highest BCUT2D eigenvalue weighted by atomic mass is 79.9. The summed E-state index contributed by atoms with van der Waals surface area (Å²) >= 11 is 9.18. The Labute approximate surface area is 113 Å². The number of carbonyl (C=O) groups is 1. The average Bonchev–Trinajstić information content (AvgIpc) is 2.28. The molecule has 0 aliphatic carbocycles. The molecular weight excluding hydrogens is 302 g/mol. The van der Waals surface area contributed by atoms with Gasteiger partial charge in [0.15, 0.2) is 5.78 Å². The zero-order valence-corrected chi connectivity index (χ0v) is 11.4. The number of nitrogens with zero attached hydrogens (tertiary/aromatic N) is 1. The zero-order valence-electron chi connectivity index (χ0n) is 9.08. The standard InChI is InChI=1S/C13H9BrClNO/c1-8-4-9(7-16-6-8)13(17)11-3-2-10(15)5-12(11)14/h2-7H,1H3. The molecule has 0 fully saturated rings. The molecule has 0 radical (unpaired) electrons. The zero-order chi connectivity index (χ0) is 12.4. The molecular formula is C13H9BrClNO. The number of aryl methyl sites for hydroxylation is 1. The van der Waals surface area contributed by atoms with Crippen molar-refractivity contribution in [3.63, 3.8) is 0 Å². The number of halogens is 2. The van der Waals surface area contributed by atoms with Gasteiger partial charge in [-0.1, -0.05) is 11.6 Å². The van der Waals surface area contributed by atoms with Crippen molar-refractivity contribution in [3.05, 3.63) is 62.8 Å². The fourth-order valence-corrected chi connectivity index (χ4v) is 2.37. The van der Waals surface area contributed by atoms with E-state index in [-0.39, 0.29) is 5.78 Å². The van der Waals surface area contributed by atoms with Crippen molar-refractivity contribution in [1.29, 1.82) is 0 Å². The van der Waals surface area contributed by atoms with Crippen LogP contribution in [0, 0.1) is 6.92 Å². The first-order valence-corrected chi connectivity index (χ1v) is 6.16. The average molecular weight is 311 g/mol. The van der Waals surface area contributed by atoms with E-state index < -0.39 is 0 Å². The lowest BCUT2D eigenvalue weighted by molar-refractivity contribution is 0.103. The van der Waals surface area contributed by atoms with Crippen LogP contribution in [0.25, 0.3) is 0 Å². The summed E-state index contributed by atoms with van der Waals surface area (Å²) in [5.74, 6) is -0.0651. The largest absolute Gasteiger partial charge is 0.289 e. The summed E-state index contributed by atoms with van der Waals surface area (Å²) < 4.78 is 0.691. The molecule has 2 aromatic rings. The predicted molar refractivity (Wildman–Crippen MR) is 71.6 cm³/mol. The van der Waals surface area contributed by atoms with Crippen molar-refractivity contribution in [3.8, 4) is 0 Å². The molecule has 2 rings (SSSR count). The van der Waals surface area contributed by atoms with Crippen LogP contribution in [-0.4, -0.2) is 10.8 Å². The minimum atomic E-state index is -0.0651. The van der Waals surface area contributed by atoms with Crippen molar-refractivity contribution >= 4 is 33.3 Å². The maximum atomic E-state index is 12.2. The van der Waals surface area contributed by atoms with Gasteiger partial charge < -0.3 is 0 Å². The summed E-state index contributed by atoms with van der Waals surface area (Å²) in [5.41, 5.74) is 2.12. The molecule has 0 atom stereocenters. The van der Waals surface area contributed by atoms with Crippen LogP contribution in [0.1, 0.15) is 21.5 Å². The molecule has 0 aliphatic rings. The highest BCUT2D eigenvalue weighted by molar-refractivity contribution is 9.10. The first-order chi connectivity index (χ1) is 8.08. The second-order valence-electron chi connectivity index (χ2n) is 3.70. The number of hydrogen-bond acceptors (Lipinski definition) is 2. The molecule has 2 nitrogen and oxygen atoms in total. The molecule has 0 saturated carbocycles. The summed E-state index contributed by atoms with van der Waals surface area (Å²) in [7, 11) is 0. The first kappa shape index (κ1) is 12.3.